The van der Waals surface area contributed by atoms with Gasteiger partial charge in [-0.1, -0.05) is 18.2 Å². The third-order valence-electron chi connectivity index (χ3n) is 8.04. The quantitative estimate of drug-likeness (QED) is 0.452. The Bertz CT molecular complexity index is 1270. The van der Waals surface area contributed by atoms with E-state index < -0.39 is 17.2 Å². The zero-order valence-electron chi connectivity index (χ0n) is 22.7. The minimum Gasteiger partial charge on any atom is -0.465 e. The molecule has 0 unspecified atom stereocenters. The second-order valence-corrected chi connectivity index (χ2v) is 10.7. The molecule has 214 valence electrons. The lowest BCUT2D eigenvalue weighted by Gasteiger charge is -2.43. The molecule has 1 aromatic carbocycles. The fourth-order valence-electron chi connectivity index (χ4n) is 5.66. The second kappa shape index (κ2) is 12.0. The van der Waals surface area contributed by atoms with Crippen molar-refractivity contribution in [3.05, 3.63) is 77.6 Å². The number of aryl methyl sites for hydroxylation is 1. The van der Waals surface area contributed by atoms with Gasteiger partial charge >= 0.3 is 6.18 Å². The maximum atomic E-state index is 13.6. The van der Waals surface area contributed by atoms with E-state index in [0.29, 0.717) is 51.1 Å². The van der Waals surface area contributed by atoms with Gasteiger partial charge in [-0.2, -0.15) is 13.2 Å². The normalized spacial score (nSPS) is 18.2. The molecule has 0 radical (unpaired) electrons. The molecular weight excluding hydrogens is 521 g/mol. The Hall–Kier alpha value is -3.44. The number of hydrogen-bond donors (Lipinski definition) is 1. The maximum Gasteiger partial charge on any atom is 0.416 e. The van der Waals surface area contributed by atoms with E-state index in [0.717, 1.165) is 49.6 Å². The smallest absolute Gasteiger partial charge is 0.416 e. The largest absolute Gasteiger partial charge is 0.465 e. The standard InChI is InChI=1S/C29H35F3N6O2/c1-22-5-6-25(40-22)18-34-21-28(23-3-2-4-24(17-23)29(30,31)32)7-11-38(12-8-28)27(39)20-36-13-15-37(16-14-36)26-19-33-9-10-35-26/h2-6,9-10,17,19,34H,7-8,11-16,18,20-21H2,1H3. The van der Waals surface area contributed by atoms with Crippen molar-refractivity contribution in [2.75, 3.05) is 57.3 Å². The first-order valence-electron chi connectivity index (χ1n) is 13.7. The number of alkyl halides is 3. The van der Waals surface area contributed by atoms with Crippen molar-refractivity contribution in [3.63, 3.8) is 0 Å². The summed E-state index contributed by atoms with van der Waals surface area (Å²) in [6.07, 6.45) is 1.80. The van der Waals surface area contributed by atoms with E-state index in [1.165, 1.54) is 12.1 Å². The first-order chi connectivity index (χ1) is 19.2. The number of carbonyl (C=O) groups is 1. The third-order valence-corrected chi connectivity index (χ3v) is 8.04. The summed E-state index contributed by atoms with van der Waals surface area (Å²) >= 11 is 0. The highest BCUT2D eigenvalue weighted by Crippen LogP contribution is 2.38. The SMILES string of the molecule is Cc1ccc(CNCC2(c3cccc(C(F)(F)F)c3)CCN(C(=O)CN3CCN(c4cnccn4)CC3)CC2)o1. The first kappa shape index (κ1) is 28.1. The van der Waals surface area contributed by atoms with Crippen LogP contribution in [0, 0.1) is 6.92 Å². The number of carbonyl (C=O) groups excluding carboxylic acids is 1. The summed E-state index contributed by atoms with van der Waals surface area (Å²) in [5.74, 6) is 2.49. The number of rotatable bonds is 8. The molecule has 2 aliphatic heterocycles. The number of aromatic nitrogens is 2. The van der Waals surface area contributed by atoms with Gasteiger partial charge in [0.2, 0.25) is 5.91 Å². The zero-order valence-corrected chi connectivity index (χ0v) is 22.7. The zero-order chi connectivity index (χ0) is 28.2. The molecule has 11 heteroatoms. The molecule has 1 amide bonds. The topological polar surface area (TPSA) is 77.7 Å². The molecule has 2 aromatic heterocycles. The molecule has 4 heterocycles. The molecule has 2 aliphatic rings. The molecule has 0 aliphatic carbocycles. The average molecular weight is 557 g/mol. The van der Waals surface area contributed by atoms with Crippen LogP contribution in [-0.4, -0.2) is 78.0 Å². The van der Waals surface area contributed by atoms with Gasteiger partial charge in [0, 0.05) is 63.6 Å². The van der Waals surface area contributed by atoms with Crippen LogP contribution in [0.3, 0.4) is 0 Å². The van der Waals surface area contributed by atoms with Crippen LogP contribution in [0.4, 0.5) is 19.0 Å². The van der Waals surface area contributed by atoms with Crippen LogP contribution in [0.15, 0.2) is 59.4 Å². The minimum absolute atomic E-state index is 0.0598. The van der Waals surface area contributed by atoms with E-state index in [9.17, 15) is 18.0 Å². The van der Waals surface area contributed by atoms with Crippen molar-refractivity contribution >= 4 is 11.7 Å². The number of piperidine rings is 1. The predicted molar refractivity (Wildman–Crippen MR) is 145 cm³/mol. The summed E-state index contributed by atoms with van der Waals surface area (Å²) in [5.41, 5.74) is -0.523. The molecule has 0 bridgehead atoms. The molecule has 0 spiro atoms. The van der Waals surface area contributed by atoms with E-state index >= 15 is 0 Å². The summed E-state index contributed by atoms with van der Waals surface area (Å²) in [6.45, 7) is 7.21. The fraction of sp³-hybridized carbons (Fsp3) is 0.483. The average Bonchev–Trinajstić information content (AvgIpc) is 3.38. The van der Waals surface area contributed by atoms with Gasteiger partial charge in [-0.3, -0.25) is 14.7 Å². The Labute approximate surface area is 232 Å². The van der Waals surface area contributed by atoms with Crippen LogP contribution in [-0.2, 0) is 22.9 Å². The molecule has 0 atom stereocenters. The maximum absolute atomic E-state index is 13.6. The molecule has 1 N–H and O–H groups in total. The summed E-state index contributed by atoms with van der Waals surface area (Å²) in [7, 11) is 0. The Morgan fingerprint density at radius 3 is 2.48 bits per heavy atom. The van der Waals surface area contributed by atoms with Gasteiger partial charge in [-0.05, 0) is 43.5 Å². The number of piperazine rings is 1. The Morgan fingerprint density at radius 1 is 1.05 bits per heavy atom. The second-order valence-electron chi connectivity index (χ2n) is 10.7. The van der Waals surface area contributed by atoms with Crippen molar-refractivity contribution in [1.82, 2.24) is 25.1 Å². The molecule has 8 nitrogen and oxygen atoms in total. The van der Waals surface area contributed by atoms with Crippen molar-refractivity contribution in [1.29, 1.82) is 0 Å². The molecule has 2 saturated heterocycles. The summed E-state index contributed by atoms with van der Waals surface area (Å²) < 4.78 is 46.3. The van der Waals surface area contributed by atoms with E-state index in [1.807, 2.05) is 24.0 Å². The van der Waals surface area contributed by atoms with Gasteiger partial charge in [0.15, 0.2) is 0 Å². The number of nitrogens with one attached hydrogen (secondary N) is 1. The van der Waals surface area contributed by atoms with Crippen LogP contribution < -0.4 is 10.2 Å². The fourth-order valence-corrected chi connectivity index (χ4v) is 5.66. The van der Waals surface area contributed by atoms with Crippen molar-refractivity contribution < 1.29 is 22.4 Å². The third kappa shape index (κ3) is 6.64. The number of likely N-dealkylation sites (tertiary alicyclic amines) is 1. The molecule has 5 rings (SSSR count). The molecular formula is C29H35F3N6O2. The highest BCUT2D eigenvalue weighted by Gasteiger charge is 2.39. The van der Waals surface area contributed by atoms with Gasteiger partial charge in [0.05, 0.1) is 24.8 Å². The number of amides is 1. The van der Waals surface area contributed by atoms with Crippen molar-refractivity contribution in [2.45, 2.75) is 37.9 Å². The number of anilines is 1. The van der Waals surface area contributed by atoms with Crippen molar-refractivity contribution in [3.8, 4) is 0 Å². The number of nitrogens with zero attached hydrogens (tertiary/aromatic N) is 5. The van der Waals surface area contributed by atoms with Gasteiger partial charge in [-0.15, -0.1) is 0 Å². The Morgan fingerprint density at radius 2 is 1.82 bits per heavy atom. The summed E-state index contributed by atoms with van der Waals surface area (Å²) in [6, 6.07) is 9.43. The number of hydrogen-bond acceptors (Lipinski definition) is 7. The monoisotopic (exact) mass is 556 g/mol. The van der Waals surface area contributed by atoms with Crippen molar-refractivity contribution in [2.24, 2.45) is 0 Å². The van der Waals surface area contributed by atoms with Gasteiger partial charge < -0.3 is 19.5 Å². The predicted octanol–water partition coefficient (Wildman–Crippen LogP) is 3.87. The van der Waals surface area contributed by atoms with Gasteiger partial charge in [0.1, 0.15) is 17.3 Å². The number of halogens is 3. The van der Waals surface area contributed by atoms with Gasteiger partial charge in [0.25, 0.3) is 0 Å². The summed E-state index contributed by atoms with van der Waals surface area (Å²) in [4.78, 5) is 27.9. The molecule has 3 aromatic rings. The van der Waals surface area contributed by atoms with Crippen LogP contribution in [0.2, 0.25) is 0 Å². The van der Waals surface area contributed by atoms with E-state index in [1.54, 1.807) is 24.7 Å². The van der Waals surface area contributed by atoms with E-state index in [2.05, 4.69) is 25.1 Å². The van der Waals surface area contributed by atoms with E-state index in [-0.39, 0.29) is 5.91 Å². The number of furan rings is 1. The Kier molecular flexibility index (Phi) is 8.41. The Balaban J connectivity index is 1.21. The first-order valence-corrected chi connectivity index (χ1v) is 13.7. The lowest BCUT2D eigenvalue weighted by molar-refractivity contribution is -0.137. The van der Waals surface area contributed by atoms with Gasteiger partial charge in [-0.25, -0.2) is 4.98 Å². The minimum atomic E-state index is -4.41. The lowest BCUT2D eigenvalue weighted by Crippen LogP contribution is -2.53. The van der Waals surface area contributed by atoms with Crippen LogP contribution >= 0.6 is 0 Å². The number of benzene rings is 1. The van der Waals surface area contributed by atoms with Crippen LogP contribution in [0.25, 0.3) is 0 Å². The van der Waals surface area contributed by atoms with E-state index in [4.69, 9.17) is 4.42 Å². The highest BCUT2D eigenvalue weighted by molar-refractivity contribution is 5.78. The molecule has 0 saturated carbocycles. The molecule has 40 heavy (non-hydrogen) atoms. The van der Waals surface area contributed by atoms with Crippen LogP contribution in [0.5, 0.6) is 0 Å². The highest BCUT2D eigenvalue weighted by atomic mass is 19.4. The molecule has 2 fully saturated rings. The van der Waals surface area contributed by atoms with Crippen LogP contribution in [0.1, 0.15) is 35.5 Å². The lowest BCUT2D eigenvalue weighted by atomic mass is 9.72. The summed E-state index contributed by atoms with van der Waals surface area (Å²) in [5, 5.41) is 3.41.